The molecule has 1 amide bonds. The molecule has 0 atom stereocenters. The average Bonchev–Trinajstić information content (AvgIpc) is 3.43. The molecular weight excluding hydrogens is 458 g/mol. The van der Waals surface area contributed by atoms with Gasteiger partial charge in [-0.25, -0.2) is 4.98 Å². The molecule has 0 radical (unpaired) electrons. The van der Waals surface area contributed by atoms with Gasteiger partial charge < -0.3 is 10.6 Å². The summed E-state index contributed by atoms with van der Waals surface area (Å²) in [6.45, 7) is 6.39. The maximum Gasteiger partial charge on any atom is 0.236 e. The van der Waals surface area contributed by atoms with Crippen molar-refractivity contribution in [3.05, 3.63) is 65.0 Å². The zero-order valence-corrected chi connectivity index (χ0v) is 20.4. The Morgan fingerprint density at radius 3 is 2.50 bits per heavy atom. The smallest absolute Gasteiger partial charge is 0.236 e. The molecule has 0 bridgehead atoms. The van der Waals surface area contributed by atoms with Crippen LogP contribution in [0.1, 0.15) is 30.9 Å². The van der Waals surface area contributed by atoms with E-state index in [1.165, 1.54) is 45.6 Å². The van der Waals surface area contributed by atoms with Crippen LogP contribution in [0.3, 0.4) is 0 Å². The van der Waals surface area contributed by atoms with E-state index in [1.807, 2.05) is 29.6 Å². The van der Waals surface area contributed by atoms with Gasteiger partial charge in [-0.15, -0.1) is 21.5 Å². The van der Waals surface area contributed by atoms with Crippen molar-refractivity contribution in [1.29, 1.82) is 0 Å². The van der Waals surface area contributed by atoms with Crippen LogP contribution in [0.25, 0.3) is 11.3 Å². The minimum absolute atomic E-state index is 0.117. The van der Waals surface area contributed by atoms with Crippen molar-refractivity contribution < 1.29 is 4.79 Å². The molecule has 0 aliphatic heterocycles. The zero-order valence-electron chi connectivity index (χ0n) is 18.0. The average molecular weight is 482 g/mol. The lowest BCUT2D eigenvalue weighted by Gasteiger charge is -2.06. The van der Waals surface area contributed by atoms with E-state index >= 15 is 0 Å². The van der Waals surface area contributed by atoms with Crippen molar-refractivity contribution in [3.63, 3.8) is 0 Å². The van der Waals surface area contributed by atoms with Gasteiger partial charge in [-0.05, 0) is 30.5 Å². The predicted molar refractivity (Wildman–Crippen MR) is 135 cm³/mol. The van der Waals surface area contributed by atoms with Gasteiger partial charge in [-0.2, -0.15) is 0 Å². The Labute approximate surface area is 199 Å². The molecule has 9 heteroatoms. The molecule has 2 aromatic heterocycles. The predicted octanol–water partition coefficient (Wildman–Crippen LogP) is 6.57. The number of nitrogens with zero attached hydrogens (tertiary/aromatic N) is 3. The maximum atomic E-state index is 12.3. The summed E-state index contributed by atoms with van der Waals surface area (Å²) in [6.07, 6.45) is 0. The number of thiazole rings is 1. The largest absolute Gasteiger partial charge is 0.330 e. The molecule has 2 aromatic carbocycles. The number of hydrogen-bond donors (Lipinski definition) is 2. The summed E-state index contributed by atoms with van der Waals surface area (Å²) in [5.74, 6) is 0.629. The van der Waals surface area contributed by atoms with Gasteiger partial charge in [0.1, 0.15) is 0 Å². The Hall–Kier alpha value is -2.75. The van der Waals surface area contributed by atoms with Crippen LogP contribution >= 0.6 is 34.4 Å². The minimum atomic E-state index is -0.117. The van der Waals surface area contributed by atoms with Crippen molar-refractivity contribution in [1.82, 2.24) is 15.2 Å². The molecule has 32 heavy (non-hydrogen) atoms. The Kier molecular flexibility index (Phi) is 7.19. The second-order valence-corrected chi connectivity index (χ2v) is 10.6. The first-order chi connectivity index (χ1) is 15.5. The minimum Gasteiger partial charge on any atom is -0.330 e. The molecule has 4 rings (SSSR count). The summed E-state index contributed by atoms with van der Waals surface area (Å²) in [7, 11) is 0. The lowest BCUT2D eigenvalue weighted by molar-refractivity contribution is -0.113. The van der Waals surface area contributed by atoms with Crippen LogP contribution in [-0.4, -0.2) is 26.8 Å². The molecule has 0 unspecified atom stereocenters. The van der Waals surface area contributed by atoms with E-state index < -0.39 is 0 Å². The van der Waals surface area contributed by atoms with Crippen LogP contribution in [0.2, 0.25) is 0 Å². The van der Waals surface area contributed by atoms with E-state index in [0.717, 1.165) is 21.3 Å². The number of amides is 1. The molecule has 4 aromatic rings. The normalized spacial score (nSPS) is 11.0. The molecule has 6 nitrogen and oxygen atoms in total. The van der Waals surface area contributed by atoms with Gasteiger partial charge in [0, 0.05) is 16.6 Å². The third-order valence-electron chi connectivity index (χ3n) is 4.66. The number of nitrogens with one attached hydrogen (secondary N) is 2. The fourth-order valence-electron chi connectivity index (χ4n) is 2.86. The molecule has 0 saturated carbocycles. The number of benzene rings is 2. The van der Waals surface area contributed by atoms with Gasteiger partial charge in [-0.3, -0.25) is 4.79 Å². The van der Waals surface area contributed by atoms with Crippen LogP contribution < -0.4 is 10.6 Å². The fourth-order valence-corrected chi connectivity index (χ4v) is 5.17. The van der Waals surface area contributed by atoms with E-state index in [1.54, 1.807) is 0 Å². The van der Waals surface area contributed by atoms with Crippen molar-refractivity contribution in [2.45, 2.75) is 31.0 Å². The molecule has 164 valence electrons. The zero-order chi connectivity index (χ0) is 22.5. The van der Waals surface area contributed by atoms with Gasteiger partial charge in [0.2, 0.25) is 11.0 Å². The standard InChI is InChI=1S/C23H23N5OS3/c1-14(2)16-8-10-18(11-9-16)24-22-27-28-23(32-22)31-13-20(29)26-21-25-19(12-30-21)17-6-4-15(3)5-7-17/h4-12,14H,13H2,1-3H3,(H,24,27)(H,25,26,29). The number of hydrogen-bond acceptors (Lipinski definition) is 8. The summed E-state index contributed by atoms with van der Waals surface area (Å²) in [5.41, 5.74) is 5.36. The highest BCUT2D eigenvalue weighted by Gasteiger charge is 2.11. The summed E-state index contributed by atoms with van der Waals surface area (Å²) in [6, 6.07) is 16.5. The number of rotatable bonds is 8. The SMILES string of the molecule is Cc1ccc(-c2csc(NC(=O)CSc3nnc(Nc4ccc(C(C)C)cc4)s3)n2)cc1. The summed E-state index contributed by atoms with van der Waals surface area (Å²) < 4.78 is 0.737. The molecule has 0 aliphatic carbocycles. The van der Waals surface area contributed by atoms with E-state index in [9.17, 15) is 4.79 Å². The highest BCUT2D eigenvalue weighted by molar-refractivity contribution is 8.01. The first-order valence-electron chi connectivity index (χ1n) is 10.1. The topological polar surface area (TPSA) is 79.8 Å². The summed E-state index contributed by atoms with van der Waals surface area (Å²) in [5, 5.41) is 17.7. The van der Waals surface area contributed by atoms with E-state index in [0.29, 0.717) is 16.2 Å². The third-order valence-corrected chi connectivity index (χ3v) is 7.39. The highest BCUT2D eigenvalue weighted by atomic mass is 32.2. The van der Waals surface area contributed by atoms with Crippen LogP contribution in [0.15, 0.2) is 58.3 Å². The van der Waals surface area contributed by atoms with Crippen molar-refractivity contribution >= 4 is 56.3 Å². The lowest BCUT2D eigenvalue weighted by atomic mass is 10.0. The molecule has 2 heterocycles. The van der Waals surface area contributed by atoms with E-state index in [4.69, 9.17) is 0 Å². The van der Waals surface area contributed by atoms with Gasteiger partial charge >= 0.3 is 0 Å². The summed E-state index contributed by atoms with van der Waals surface area (Å²) in [4.78, 5) is 16.9. The highest BCUT2D eigenvalue weighted by Crippen LogP contribution is 2.29. The van der Waals surface area contributed by atoms with Crippen LogP contribution in [0.4, 0.5) is 16.0 Å². The monoisotopic (exact) mass is 481 g/mol. The van der Waals surface area contributed by atoms with E-state index in [2.05, 4.69) is 70.9 Å². The molecular formula is C23H23N5OS3. The third kappa shape index (κ3) is 5.93. The Bertz CT molecular complexity index is 1180. The first kappa shape index (κ1) is 22.4. The van der Waals surface area contributed by atoms with Gasteiger partial charge in [-0.1, -0.05) is 78.9 Å². The van der Waals surface area contributed by atoms with Crippen LogP contribution in [0, 0.1) is 6.92 Å². The second kappa shape index (κ2) is 10.2. The summed E-state index contributed by atoms with van der Waals surface area (Å²) >= 11 is 4.20. The molecule has 0 fully saturated rings. The Balaban J connectivity index is 1.27. The van der Waals surface area contributed by atoms with E-state index in [-0.39, 0.29) is 11.7 Å². The Morgan fingerprint density at radius 2 is 1.78 bits per heavy atom. The Morgan fingerprint density at radius 1 is 1.03 bits per heavy atom. The molecule has 0 saturated heterocycles. The second-order valence-electron chi connectivity index (χ2n) is 7.52. The van der Waals surface area contributed by atoms with Crippen LogP contribution in [0.5, 0.6) is 0 Å². The maximum absolute atomic E-state index is 12.3. The quantitative estimate of drug-likeness (QED) is 0.277. The molecule has 2 N–H and O–H groups in total. The molecule has 0 spiro atoms. The number of aromatic nitrogens is 3. The van der Waals surface area contributed by atoms with Crippen LogP contribution in [-0.2, 0) is 4.79 Å². The first-order valence-corrected chi connectivity index (χ1v) is 12.8. The number of anilines is 3. The number of thioether (sulfide) groups is 1. The lowest BCUT2D eigenvalue weighted by Crippen LogP contribution is -2.13. The fraction of sp³-hybridized carbons (Fsp3) is 0.217. The van der Waals surface area contributed by atoms with Crippen molar-refractivity contribution in [2.24, 2.45) is 0 Å². The number of carbonyl (C=O) groups excluding carboxylic acids is 1. The molecule has 0 aliphatic rings. The van der Waals surface area contributed by atoms with Crippen molar-refractivity contribution in [2.75, 3.05) is 16.4 Å². The van der Waals surface area contributed by atoms with Gasteiger partial charge in [0.25, 0.3) is 0 Å². The van der Waals surface area contributed by atoms with Crippen molar-refractivity contribution in [3.8, 4) is 11.3 Å². The van der Waals surface area contributed by atoms with Gasteiger partial charge in [0.05, 0.1) is 11.4 Å². The van der Waals surface area contributed by atoms with Gasteiger partial charge in [0.15, 0.2) is 9.47 Å². The number of carbonyl (C=O) groups is 1. The number of aryl methyl sites for hydroxylation is 1.